The van der Waals surface area contributed by atoms with Crippen LogP contribution in [0.2, 0.25) is 0 Å². The minimum absolute atomic E-state index is 0.0506. The van der Waals surface area contributed by atoms with E-state index in [9.17, 15) is 19.5 Å². The number of benzene rings is 1. The molecule has 1 aromatic heterocycles. The lowest BCUT2D eigenvalue weighted by Gasteiger charge is -2.18. The quantitative estimate of drug-likeness (QED) is 0.280. The molecule has 4 rings (SSSR count). The fourth-order valence-electron chi connectivity index (χ4n) is 5.77. The van der Waals surface area contributed by atoms with E-state index in [0.29, 0.717) is 56.0 Å². The Bertz CT molecular complexity index is 1190. The van der Waals surface area contributed by atoms with Crippen molar-refractivity contribution in [2.45, 2.75) is 78.2 Å². The van der Waals surface area contributed by atoms with Gasteiger partial charge in [-0.05, 0) is 61.3 Å². The number of nitrogens with zero attached hydrogens (tertiary/aromatic N) is 2. The van der Waals surface area contributed by atoms with Gasteiger partial charge in [-0.1, -0.05) is 34.1 Å². The fraction of sp³-hybridized carbons (Fsp3) is 0.567. The number of nitrogens with one attached hydrogen (secondary N) is 2. The summed E-state index contributed by atoms with van der Waals surface area (Å²) in [6, 6.07) is 3.86. The molecule has 3 amide bonds. The van der Waals surface area contributed by atoms with Crippen molar-refractivity contribution in [3.05, 3.63) is 41.1 Å². The third-order valence-corrected chi connectivity index (χ3v) is 7.81. The number of imide groups is 1. The van der Waals surface area contributed by atoms with Crippen LogP contribution in [0, 0.1) is 5.92 Å². The average molecular weight is 523 g/mol. The number of aromatic nitrogens is 1. The van der Waals surface area contributed by atoms with Gasteiger partial charge in [-0.25, -0.2) is 0 Å². The molecule has 38 heavy (non-hydrogen) atoms. The maximum absolute atomic E-state index is 12.3. The van der Waals surface area contributed by atoms with Crippen LogP contribution < -0.4 is 5.32 Å². The van der Waals surface area contributed by atoms with Crippen LogP contribution in [0.1, 0.15) is 88.5 Å². The van der Waals surface area contributed by atoms with Crippen LogP contribution in [-0.2, 0) is 20.9 Å². The first-order chi connectivity index (χ1) is 18.2. The van der Waals surface area contributed by atoms with Crippen molar-refractivity contribution >= 4 is 28.6 Å². The van der Waals surface area contributed by atoms with Gasteiger partial charge in [-0.2, -0.15) is 0 Å². The first-order valence-electron chi connectivity index (χ1n) is 14.0. The van der Waals surface area contributed by atoms with Gasteiger partial charge in [0.2, 0.25) is 5.91 Å². The highest BCUT2D eigenvalue weighted by Gasteiger charge is 2.26. The number of aromatic amines is 1. The third-order valence-electron chi connectivity index (χ3n) is 7.81. The summed E-state index contributed by atoms with van der Waals surface area (Å²) >= 11 is 0. The number of hydrogen-bond donors (Lipinski definition) is 3. The number of carbonyl (C=O) groups excluding carboxylic acids is 3. The van der Waals surface area contributed by atoms with Crippen LogP contribution in [0.4, 0.5) is 0 Å². The first-order valence-corrected chi connectivity index (χ1v) is 14.0. The number of likely N-dealkylation sites (tertiary alicyclic amines) is 1. The van der Waals surface area contributed by atoms with Crippen LogP contribution in [0.15, 0.2) is 24.3 Å². The zero-order chi connectivity index (χ0) is 27.4. The van der Waals surface area contributed by atoms with E-state index in [0.717, 1.165) is 43.4 Å². The largest absolute Gasteiger partial charge is 0.508 e. The predicted octanol–water partition coefficient (Wildman–Crippen LogP) is 4.54. The second kappa shape index (κ2) is 12.2. The van der Waals surface area contributed by atoms with Crippen molar-refractivity contribution in [1.82, 2.24) is 20.1 Å². The van der Waals surface area contributed by atoms with Crippen molar-refractivity contribution in [2.75, 3.05) is 26.2 Å². The molecule has 0 radical (unpaired) electrons. The van der Waals surface area contributed by atoms with E-state index >= 15 is 0 Å². The molecule has 1 aromatic carbocycles. The lowest BCUT2D eigenvalue weighted by molar-refractivity contribution is -0.137. The monoisotopic (exact) mass is 522 g/mol. The van der Waals surface area contributed by atoms with Crippen LogP contribution in [0.5, 0.6) is 5.75 Å². The number of carbonyl (C=O) groups is 3. The molecule has 1 fully saturated rings. The standard InChI is InChI=1S/C30H42N4O4/c1-19(2)28-22-9-10-24(35)23(30(22)32-29(28)20(3)4)18-33-15-13-21(17-33)16-31-25(36)8-6-5-7-14-34-26(37)11-12-27(34)38/h9-12,19-21,32,35H,5-8,13-18H2,1-4H3,(H,31,36)/t21-/m0/s1. The van der Waals surface area contributed by atoms with Crippen LogP contribution >= 0.6 is 0 Å². The molecule has 3 N–H and O–H groups in total. The molecule has 0 saturated carbocycles. The molecule has 0 unspecified atom stereocenters. The maximum atomic E-state index is 12.3. The summed E-state index contributed by atoms with van der Waals surface area (Å²) in [5.41, 5.74) is 4.59. The summed E-state index contributed by atoms with van der Waals surface area (Å²) in [6.45, 7) is 12.4. The van der Waals surface area contributed by atoms with E-state index in [2.05, 4.69) is 42.9 Å². The lowest BCUT2D eigenvalue weighted by atomic mass is 9.94. The zero-order valence-corrected chi connectivity index (χ0v) is 23.2. The van der Waals surface area contributed by atoms with Crippen molar-refractivity contribution < 1.29 is 19.5 Å². The molecular weight excluding hydrogens is 480 g/mol. The molecule has 2 aliphatic rings. The summed E-state index contributed by atoms with van der Waals surface area (Å²) < 4.78 is 0. The number of aromatic hydroxyl groups is 1. The molecule has 0 bridgehead atoms. The first kappa shape index (κ1) is 27.9. The summed E-state index contributed by atoms with van der Waals surface area (Å²) in [7, 11) is 0. The smallest absolute Gasteiger partial charge is 0.253 e. The van der Waals surface area contributed by atoms with Gasteiger partial charge >= 0.3 is 0 Å². The van der Waals surface area contributed by atoms with Crippen molar-refractivity contribution in [2.24, 2.45) is 5.92 Å². The highest BCUT2D eigenvalue weighted by atomic mass is 16.3. The summed E-state index contributed by atoms with van der Waals surface area (Å²) in [4.78, 5) is 42.7. The van der Waals surface area contributed by atoms with Gasteiger partial charge in [-0.15, -0.1) is 0 Å². The second-order valence-electron chi connectivity index (χ2n) is 11.4. The zero-order valence-electron chi connectivity index (χ0n) is 23.2. The van der Waals surface area contributed by atoms with Crippen LogP contribution in [0.25, 0.3) is 10.9 Å². The fourth-order valence-corrected chi connectivity index (χ4v) is 5.77. The third kappa shape index (κ3) is 6.29. The second-order valence-corrected chi connectivity index (χ2v) is 11.4. The average Bonchev–Trinajstić information content (AvgIpc) is 3.57. The molecule has 0 aliphatic carbocycles. The van der Waals surface area contributed by atoms with Gasteiger partial charge in [0.25, 0.3) is 11.8 Å². The molecule has 8 heteroatoms. The molecule has 0 spiro atoms. The molecule has 1 saturated heterocycles. The minimum atomic E-state index is -0.251. The van der Waals surface area contributed by atoms with Crippen LogP contribution in [-0.4, -0.2) is 63.8 Å². The minimum Gasteiger partial charge on any atom is -0.508 e. The maximum Gasteiger partial charge on any atom is 0.253 e. The molecule has 1 atom stereocenters. The van der Waals surface area contributed by atoms with Gasteiger partial charge in [0.05, 0.1) is 5.52 Å². The van der Waals surface area contributed by atoms with Crippen molar-refractivity contribution in [1.29, 1.82) is 0 Å². The SMILES string of the molecule is CC(C)c1[nH]c2c(CN3CC[C@@H](CNC(=O)CCCCCN4C(=O)C=CC4=O)C3)c(O)ccc2c1C(C)C. The Hall–Kier alpha value is -3.13. The Kier molecular flexibility index (Phi) is 8.92. The predicted molar refractivity (Wildman–Crippen MR) is 149 cm³/mol. The Balaban J connectivity index is 1.23. The van der Waals surface area contributed by atoms with E-state index in [4.69, 9.17) is 0 Å². The number of amides is 3. The topological polar surface area (TPSA) is 106 Å². The molecule has 2 aliphatic heterocycles. The number of H-pyrrole nitrogens is 1. The molecule has 3 heterocycles. The Labute approximate surface area is 225 Å². The van der Waals surface area contributed by atoms with E-state index in [1.54, 1.807) is 0 Å². The highest BCUT2D eigenvalue weighted by Crippen LogP contribution is 2.38. The number of unbranched alkanes of at least 4 members (excludes halogenated alkanes) is 2. The Morgan fingerprint density at radius 3 is 2.50 bits per heavy atom. The van der Waals surface area contributed by atoms with Crippen molar-refractivity contribution in [3.8, 4) is 5.75 Å². The van der Waals surface area contributed by atoms with Gasteiger partial charge in [0.15, 0.2) is 0 Å². The number of rotatable bonds is 12. The Morgan fingerprint density at radius 1 is 1.08 bits per heavy atom. The normalized spacial score (nSPS) is 18.2. The van der Waals surface area contributed by atoms with Crippen LogP contribution in [0.3, 0.4) is 0 Å². The number of phenolic OH excluding ortho intramolecular Hbond substituents is 1. The Morgan fingerprint density at radius 2 is 1.82 bits per heavy atom. The van der Waals surface area contributed by atoms with E-state index in [1.807, 2.05) is 12.1 Å². The number of hydrogen-bond acceptors (Lipinski definition) is 5. The van der Waals surface area contributed by atoms with Gasteiger partial charge < -0.3 is 15.4 Å². The lowest BCUT2D eigenvalue weighted by Crippen LogP contribution is -2.31. The summed E-state index contributed by atoms with van der Waals surface area (Å²) in [6.07, 6.45) is 6.32. The van der Waals surface area contributed by atoms with Gasteiger partial charge in [0, 0.05) is 61.4 Å². The molecule has 2 aromatic rings. The highest BCUT2D eigenvalue weighted by molar-refractivity contribution is 6.12. The van der Waals surface area contributed by atoms with E-state index in [1.165, 1.54) is 33.7 Å². The van der Waals surface area contributed by atoms with Gasteiger partial charge in [-0.3, -0.25) is 24.2 Å². The van der Waals surface area contributed by atoms with Gasteiger partial charge in [0.1, 0.15) is 5.75 Å². The summed E-state index contributed by atoms with van der Waals surface area (Å²) in [5.74, 6) is 1.04. The van der Waals surface area contributed by atoms with E-state index in [-0.39, 0.29) is 17.7 Å². The molecular formula is C30H42N4O4. The number of phenols is 1. The number of fused-ring (bicyclic) bond motifs is 1. The van der Waals surface area contributed by atoms with Crippen molar-refractivity contribution in [3.63, 3.8) is 0 Å². The van der Waals surface area contributed by atoms with E-state index < -0.39 is 0 Å². The summed E-state index contributed by atoms with van der Waals surface area (Å²) in [5, 5.41) is 15.0. The molecule has 206 valence electrons. The molecule has 8 nitrogen and oxygen atoms in total.